The number of halogens is 2. The van der Waals surface area contributed by atoms with Crippen molar-refractivity contribution in [2.24, 2.45) is 11.8 Å². The molecule has 0 bridgehead atoms. The van der Waals surface area contributed by atoms with Gasteiger partial charge in [0.15, 0.2) is 0 Å². The third kappa shape index (κ3) is 13.4. The number of hydrogen-bond acceptors (Lipinski definition) is 0. The Morgan fingerprint density at radius 1 is 0.518 bits per heavy atom. The van der Waals surface area contributed by atoms with Gasteiger partial charge in [0.1, 0.15) is 0 Å². The minimum absolute atomic E-state index is 0. The van der Waals surface area contributed by atoms with Gasteiger partial charge in [-0.15, -0.1) is 69.1 Å². The molecular formula is C52H64Cl2SiZr-2. The zero-order chi connectivity index (χ0) is 37.7. The van der Waals surface area contributed by atoms with Gasteiger partial charge in [-0.1, -0.05) is 163 Å². The Bertz CT molecular complexity index is 1890. The van der Waals surface area contributed by atoms with Crippen LogP contribution in [0, 0.1) is 11.8 Å². The molecule has 56 heavy (non-hydrogen) atoms. The molecule has 0 heterocycles. The van der Waals surface area contributed by atoms with Crippen LogP contribution in [0.15, 0.2) is 109 Å². The predicted octanol–water partition coefficient (Wildman–Crippen LogP) is 9.39. The van der Waals surface area contributed by atoms with Crippen LogP contribution in [0.1, 0.15) is 113 Å². The third-order valence-corrected chi connectivity index (χ3v) is 12.0. The van der Waals surface area contributed by atoms with Crippen LogP contribution in [-0.4, -0.2) is 5.43 Å². The molecule has 0 saturated heterocycles. The van der Waals surface area contributed by atoms with Crippen LogP contribution in [-0.2, 0) is 49.0 Å². The van der Waals surface area contributed by atoms with Crippen molar-refractivity contribution in [1.29, 1.82) is 0 Å². The zero-order valence-electron chi connectivity index (χ0n) is 34.6. The van der Waals surface area contributed by atoms with Gasteiger partial charge in [-0.3, -0.25) is 0 Å². The normalized spacial score (nSPS) is 15.0. The summed E-state index contributed by atoms with van der Waals surface area (Å²) >= 11 is 1.74. The van der Waals surface area contributed by atoms with E-state index in [-0.39, 0.29) is 30.2 Å². The first kappa shape index (κ1) is 46.5. The van der Waals surface area contributed by atoms with Gasteiger partial charge in [0, 0.05) is 0 Å². The maximum atomic E-state index is 2.46. The number of rotatable bonds is 8. The molecule has 0 N–H and O–H groups in total. The molecule has 2 aliphatic rings. The molecule has 0 aromatic heterocycles. The van der Waals surface area contributed by atoms with Crippen LogP contribution >= 0.6 is 0 Å². The Morgan fingerprint density at radius 3 is 1.18 bits per heavy atom. The molecule has 0 unspecified atom stereocenters. The number of fused-ring (bicyclic) bond motifs is 2. The fourth-order valence-electron chi connectivity index (χ4n) is 8.98. The Labute approximate surface area is 367 Å². The van der Waals surface area contributed by atoms with E-state index in [4.69, 9.17) is 0 Å². The standard InChI is InChI=1S/2C25H29.C2H6Si.2ClH.Zr/c2*1-2-19-12-14-22(15-13-19)24-11-7-10-23-17-21(18-25(23)24)16-20-8-5-3-4-6-9-20;1-3-2;;;/h2*7,10-15,17-18,20H,2-6,8-9,16H2,1H3;1-2H3;2*1H;/q2*-1;;;;+2/p-2. The molecule has 0 spiro atoms. The quantitative estimate of drug-likeness (QED) is 0.0813. The van der Waals surface area contributed by atoms with Crippen molar-refractivity contribution in [3.05, 3.63) is 131 Å². The topological polar surface area (TPSA) is 0 Å². The molecule has 2 fully saturated rings. The van der Waals surface area contributed by atoms with Crippen molar-refractivity contribution in [2.75, 3.05) is 0 Å². The summed E-state index contributed by atoms with van der Waals surface area (Å²) in [5.41, 5.74) is 11.6. The Balaban J connectivity index is 0.000000220. The minimum atomic E-state index is 0. The molecule has 0 atom stereocenters. The molecule has 2 saturated carbocycles. The monoisotopic (exact) mass is 876 g/mol. The van der Waals surface area contributed by atoms with E-state index in [1.165, 1.54) is 145 Å². The molecule has 6 aromatic rings. The molecule has 0 nitrogen and oxygen atoms in total. The molecule has 2 aliphatic carbocycles. The van der Waals surface area contributed by atoms with Crippen LogP contribution in [0.5, 0.6) is 0 Å². The fraction of sp³-hybridized carbons (Fsp3) is 0.423. The van der Waals surface area contributed by atoms with Crippen LogP contribution in [0.2, 0.25) is 13.1 Å². The molecular weight excluding hydrogens is 815 g/mol. The first-order valence-corrected chi connectivity index (χ1v) is 27.7. The number of benzene rings is 4. The summed E-state index contributed by atoms with van der Waals surface area (Å²) in [7, 11) is 0. The van der Waals surface area contributed by atoms with Gasteiger partial charge >= 0.3 is 41.9 Å². The van der Waals surface area contributed by atoms with Gasteiger partial charge in [-0.25, -0.2) is 0 Å². The van der Waals surface area contributed by atoms with E-state index in [9.17, 15) is 0 Å². The van der Waals surface area contributed by atoms with Crippen molar-refractivity contribution in [3.8, 4) is 22.3 Å². The van der Waals surface area contributed by atoms with Gasteiger partial charge in [-0.2, -0.15) is 12.1 Å². The third-order valence-electron chi connectivity index (χ3n) is 12.0. The Kier molecular flexibility index (Phi) is 19.9. The largest absolute Gasteiger partial charge is 1.00 e. The Morgan fingerprint density at radius 2 is 0.857 bits per heavy atom. The summed E-state index contributed by atoms with van der Waals surface area (Å²) in [6.07, 6.45) is 21.9. The summed E-state index contributed by atoms with van der Waals surface area (Å²) in [4.78, 5) is 0. The van der Waals surface area contributed by atoms with E-state index in [1.807, 2.05) is 0 Å². The van der Waals surface area contributed by atoms with E-state index >= 15 is 0 Å². The van der Waals surface area contributed by atoms with Crippen molar-refractivity contribution in [1.82, 2.24) is 0 Å². The van der Waals surface area contributed by atoms with Crippen LogP contribution in [0.3, 0.4) is 0 Å². The summed E-state index contributed by atoms with van der Waals surface area (Å²) in [5.74, 6) is 1.79. The summed E-state index contributed by atoms with van der Waals surface area (Å²) in [6, 6.07) is 41.5. The number of hydrogen-bond donors (Lipinski definition) is 0. The second kappa shape index (κ2) is 24.0. The molecule has 0 aliphatic heterocycles. The van der Waals surface area contributed by atoms with Crippen LogP contribution < -0.4 is 24.8 Å². The summed E-state index contributed by atoms with van der Waals surface area (Å²) in [6.45, 7) is 9.05. The molecule has 0 radical (unpaired) electrons. The molecule has 296 valence electrons. The Hall–Kier alpha value is -2.22. The average molecular weight is 879 g/mol. The van der Waals surface area contributed by atoms with E-state index in [2.05, 4.69) is 136 Å². The van der Waals surface area contributed by atoms with Crippen LogP contribution in [0.4, 0.5) is 0 Å². The van der Waals surface area contributed by atoms with Crippen molar-refractivity contribution >= 4 is 27.0 Å². The molecule has 4 heteroatoms. The van der Waals surface area contributed by atoms with Gasteiger partial charge in [-0.05, 0) is 59.8 Å². The maximum Gasteiger partial charge on any atom is -1.00 e. The van der Waals surface area contributed by atoms with E-state index < -0.39 is 0 Å². The van der Waals surface area contributed by atoms with Gasteiger partial charge in [0.2, 0.25) is 0 Å². The molecule has 8 rings (SSSR count). The SMILES string of the molecule is CCc1ccc(-c2cccc3[cH-]c(CC4CCCCCC4)cc23)cc1.CCc1ccc(-c2cccc3[cH-]c(CC4CCCCCC4)cc23)cc1.C[Si](C)=[Zr+2].[Cl-].[Cl-]. The smallest absolute Gasteiger partial charge is 1.00 e. The minimum Gasteiger partial charge on any atom is -1.00 e. The van der Waals surface area contributed by atoms with E-state index in [0.29, 0.717) is 0 Å². The zero-order valence-corrected chi connectivity index (χ0v) is 39.6. The molecule has 0 amide bonds. The van der Waals surface area contributed by atoms with Gasteiger partial charge in [0.05, 0.1) is 0 Å². The van der Waals surface area contributed by atoms with Crippen molar-refractivity contribution in [2.45, 2.75) is 130 Å². The number of aryl methyl sites for hydroxylation is 2. The van der Waals surface area contributed by atoms with Gasteiger partial charge < -0.3 is 24.8 Å². The van der Waals surface area contributed by atoms with Gasteiger partial charge in [0.25, 0.3) is 0 Å². The van der Waals surface area contributed by atoms with Crippen LogP contribution in [0.25, 0.3) is 43.8 Å². The maximum absolute atomic E-state index is 2.46. The van der Waals surface area contributed by atoms with E-state index in [0.717, 1.165) is 24.7 Å². The summed E-state index contributed by atoms with van der Waals surface area (Å²) < 4.78 is 0. The summed E-state index contributed by atoms with van der Waals surface area (Å²) in [5, 5.41) is 5.66. The second-order valence-corrected chi connectivity index (χ2v) is 25.9. The fourth-order valence-corrected chi connectivity index (χ4v) is 8.98. The van der Waals surface area contributed by atoms with Crippen molar-refractivity contribution < 1.29 is 48.1 Å². The predicted molar refractivity (Wildman–Crippen MR) is 236 cm³/mol. The first-order chi connectivity index (χ1) is 26.4. The molecule has 6 aromatic carbocycles. The average Bonchev–Trinajstić information content (AvgIpc) is 3.57. The second-order valence-electron chi connectivity index (χ2n) is 16.6. The van der Waals surface area contributed by atoms with Crippen molar-refractivity contribution in [3.63, 3.8) is 0 Å². The first-order valence-electron chi connectivity index (χ1n) is 21.5. The van der Waals surface area contributed by atoms with E-state index in [1.54, 1.807) is 34.5 Å².